The Hall–Kier alpha value is -4.19. The van der Waals surface area contributed by atoms with Gasteiger partial charge in [0.25, 0.3) is 5.91 Å². The van der Waals surface area contributed by atoms with Crippen molar-refractivity contribution in [1.82, 2.24) is 24.4 Å². The molecule has 0 unspecified atom stereocenters. The van der Waals surface area contributed by atoms with E-state index in [2.05, 4.69) is 26.6 Å². The number of aromatic nitrogens is 5. The predicted molar refractivity (Wildman–Crippen MR) is 98.4 cm³/mol. The highest BCUT2D eigenvalue weighted by Gasteiger charge is 2.17. The minimum atomic E-state index is -0.377. The van der Waals surface area contributed by atoms with Gasteiger partial charge in [0.15, 0.2) is 5.65 Å². The van der Waals surface area contributed by atoms with Gasteiger partial charge in [-0.2, -0.15) is 15.5 Å². The van der Waals surface area contributed by atoms with Crippen molar-refractivity contribution in [3.63, 3.8) is 0 Å². The molecule has 0 saturated carbocycles. The molecule has 1 aromatic carbocycles. The van der Waals surface area contributed by atoms with Gasteiger partial charge in [-0.15, -0.1) is 0 Å². The number of rotatable bonds is 3. The van der Waals surface area contributed by atoms with Crippen molar-refractivity contribution in [1.29, 1.82) is 5.26 Å². The summed E-state index contributed by atoms with van der Waals surface area (Å²) in [5, 5.41) is 20.3. The third-order valence-corrected chi connectivity index (χ3v) is 3.95. The normalized spacial score (nSPS) is 10.7. The molecule has 132 valence electrons. The first kappa shape index (κ1) is 16.3. The largest absolute Gasteiger partial charge is 0.384 e. The Labute approximate surface area is 153 Å². The molecule has 1 amide bonds. The number of hydrogen-bond acceptors (Lipinski definition) is 6. The molecule has 0 saturated heterocycles. The van der Waals surface area contributed by atoms with Crippen LogP contribution < -0.4 is 11.1 Å². The summed E-state index contributed by atoms with van der Waals surface area (Å²) in [6.07, 6.45) is 3.08. The summed E-state index contributed by atoms with van der Waals surface area (Å²) in [7, 11) is 0. The maximum atomic E-state index is 12.8. The van der Waals surface area contributed by atoms with Gasteiger partial charge in [-0.05, 0) is 37.3 Å². The summed E-state index contributed by atoms with van der Waals surface area (Å²) in [6.45, 7) is 1.83. The van der Waals surface area contributed by atoms with Crippen molar-refractivity contribution in [2.24, 2.45) is 0 Å². The van der Waals surface area contributed by atoms with Crippen LogP contribution in [0.25, 0.3) is 11.3 Å². The Morgan fingerprint density at radius 3 is 2.78 bits per heavy atom. The molecule has 9 heteroatoms. The number of nitriles is 1. The van der Waals surface area contributed by atoms with E-state index in [-0.39, 0.29) is 5.91 Å². The van der Waals surface area contributed by atoms with Gasteiger partial charge in [-0.1, -0.05) is 0 Å². The van der Waals surface area contributed by atoms with Crippen LogP contribution >= 0.6 is 0 Å². The number of hydrogen-bond donors (Lipinski definition) is 2. The third-order valence-electron chi connectivity index (χ3n) is 3.95. The minimum Gasteiger partial charge on any atom is -0.384 e. The lowest BCUT2D eigenvalue weighted by atomic mass is 10.2. The van der Waals surface area contributed by atoms with Gasteiger partial charge in [0.2, 0.25) is 0 Å². The molecule has 0 aliphatic heterocycles. The van der Waals surface area contributed by atoms with Crippen molar-refractivity contribution in [3.05, 3.63) is 65.6 Å². The smallest absolute Gasteiger partial charge is 0.262 e. The average molecular weight is 358 g/mol. The van der Waals surface area contributed by atoms with E-state index < -0.39 is 0 Å². The quantitative estimate of drug-likeness (QED) is 0.576. The molecule has 0 aliphatic rings. The van der Waals surface area contributed by atoms with Gasteiger partial charge in [-0.25, -0.2) is 14.2 Å². The Morgan fingerprint density at radius 2 is 2.04 bits per heavy atom. The fourth-order valence-electron chi connectivity index (χ4n) is 2.69. The molecule has 0 fully saturated rings. The number of anilines is 2. The monoisotopic (exact) mass is 358 g/mol. The van der Waals surface area contributed by atoms with E-state index in [4.69, 9.17) is 11.0 Å². The average Bonchev–Trinajstić information content (AvgIpc) is 3.24. The van der Waals surface area contributed by atoms with E-state index in [1.54, 1.807) is 47.3 Å². The standard InChI is InChI=1S/C18H14N8O/c1-11-8-16(26(24-11)13-4-2-12(9-19)3-5-13)23-18(27)14-10-21-25-7-6-15(20)22-17(14)25/h2-8,10H,1H3,(H2,20,22)(H,23,27). The summed E-state index contributed by atoms with van der Waals surface area (Å²) in [5.74, 6) is 0.416. The zero-order valence-electron chi connectivity index (χ0n) is 14.3. The molecule has 4 rings (SSSR count). The topological polar surface area (TPSA) is 127 Å². The number of amides is 1. The number of nitrogen functional groups attached to an aromatic ring is 1. The van der Waals surface area contributed by atoms with Gasteiger partial charge in [0.1, 0.15) is 17.2 Å². The van der Waals surface area contributed by atoms with Crippen molar-refractivity contribution >= 4 is 23.2 Å². The summed E-state index contributed by atoms with van der Waals surface area (Å²) < 4.78 is 3.08. The second-order valence-electron chi connectivity index (χ2n) is 5.87. The highest BCUT2D eigenvalue weighted by Crippen LogP contribution is 2.19. The van der Waals surface area contributed by atoms with Crippen molar-refractivity contribution in [3.8, 4) is 11.8 Å². The number of carbonyl (C=O) groups excluding carboxylic acids is 1. The zero-order chi connectivity index (χ0) is 19.0. The summed E-state index contributed by atoms with van der Waals surface area (Å²) in [5.41, 5.74) is 8.38. The number of benzene rings is 1. The van der Waals surface area contributed by atoms with Gasteiger partial charge in [-0.3, -0.25) is 4.79 Å². The van der Waals surface area contributed by atoms with E-state index >= 15 is 0 Å². The summed E-state index contributed by atoms with van der Waals surface area (Å²) in [4.78, 5) is 16.9. The molecule has 0 atom stereocenters. The van der Waals surface area contributed by atoms with Crippen LogP contribution in [0.2, 0.25) is 0 Å². The van der Waals surface area contributed by atoms with Gasteiger partial charge >= 0.3 is 0 Å². The lowest BCUT2D eigenvalue weighted by molar-refractivity contribution is 0.102. The summed E-state index contributed by atoms with van der Waals surface area (Å²) in [6, 6.07) is 12.3. The number of carbonyl (C=O) groups is 1. The van der Waals surface area contributed by atoms with Gasteiger partial charge in [0, 0.05) is 12.3 Å². The Morgan fingerprint density at radius 1 is 1.26 bits per heavy atom. The predicted octanol–water partition coefficient (Wildman–Crippen LogP) is 1.93. The van der Waals surface area contributed by atoms with Crippen molar-refractivity contribution in [2.45, 2.75) is 6.92 Å². The van der Waals surface area contributed by atoms with Gasteiger partial charge in [0.05, 0.1) is 29.2 Å². The van der Waals surface area contributed by atoms with Crippen LogP contribution in [-0.4, -0.2) is 30.3 Å². The first-order chi connectivity index (χ1) is 13.0. The number of nitrogens with zero attached hydrogens (tertiary/aromatic N) is 6. The Bertz CT molecular complexity index is 1200. The molecule has 0 radical (unpaired) electrons. The van der Waals surface area contributed by atoms with Gasteiger partial charge < -0.3 is 11.1 Å². The number of aryl methyl sites for hydroxylation is 1. The van der Waals surface area contributed by atoms with Crippen LogP contribution in [0.3, 0.4) is 0 Å². The van der Waals surface area contributed by atoms with E-state index in [0.717, 1.165) is 11.4 Å². The SMILES string of the molecule is Cc1cc(NC(=O)c2cnn3ccc(N)nc23)n(-c2ccc(C#N)cc2)n1. The number of fused-ring (bicyclic) bond motifs is 1. The Balaban J connectivity index is 1.69. The van der Waals surface area contributed by atoms with E-state index in [1.165, 1.54) is 10.7 Å². The first-order valence-corrected chi connectivity index (χ1v) is 8.03. The molecule has 4 aromatic rings. The third kappa shape index (κ3) is 2.96. The van der Waals surface area contributed by atoms with E-state index in [9.17, 15) is 4.79 Å². The summed E-state index contributed by atoms with van der Waals surface area (Å²) >= 11 is 0. The molecule has 3 aromatic heterocycles. The fraction of sp³-hybridized carbons (Fsp3) is 0.0556. The number of nitrogens with one attached hydrogen (secondary N) is 1. The van der Waals surface area contributed by atoms with Crippen LogP contribution in [0.1, 0.15) is 21.6 Å². The molecule has 0 spiro atoms. The molecule has 9 nitrogen and oxygen atoms in total. The van der Waals surface area contributed by atoms with E-state index in [0.29, 0.717) is 28.4 Å². The van der Waals surface area contributed by atoms with Crippen molar-refractivity contribution in [2.75, 3.05) is 11.1 Å². The second kappa shape index (κ2) is 6.27. The Kier molecular flexibility index (Phi) is 3.78. The highest BCUT2D eigenvalue weighted by atomic mass is 16.1. The molecular formula is C18H14N8O. The molecule has 0 bridgehead atoms. The molecule has 3 heterocycles. The molecule has 27 heavy (non-hydrogen) atoms. The van der Waals surface area contributed by atoms with Crippen LogP contribution in [0, 0.1) is 18.3 Å². The van der Waals surface area contributed by atoms with Crippen LogP contribution in [0.5, 0.6) is 0 Å². The molecule has 3 N–H and O–H groups in total. The molecular weight excluding hydrogens is 344 g/mol. The van der Waals surface area contributed by atoms with Crippen molar-refractivity contribution < 1.29 is 4.79 Å². The maximum absolute atomic E-state index is 12.8. The lowest BCUT2D eigenvalue weighted by Gasteiger charge is -2.08. The van der Waals surface area contributed by atoms with Crippen LogP contribution in [-0.2, 0) is 0 Å². The van der Waals surface area contributed by atoms with Crippen LogP contribution in [0.15, 0.2) is 48.8 Å². The second-order valence-corrected chi connectivity index (χ2v) is 5.87. The maximum Gasteiger partial charge on any atom is 0.262 e. The zero-order valence-corrected chi connectivity index (χ0v) is 14.3. The minimum absolute atomic E-state index is 0.299. The highest BCUT2D eigenvalue weighted by molar-refractivity contribution is 6.08. The molecule has 0 aliphatic carbocycles. The van der Waals surface area contributed by atoms with Crippen LogP contribution in [0.4, 0.5) is 11.6 Å². The first-order valence-electron chi connectivity index (χ1n) is 8.03. The number of nitrogens with two attached hydrogens (primary N) is 1. The fourth-order valence-corrected chi connectivity index (χ4v) is 2.69. The van der Waals surface area contributed by atoms with E-state index in [1.807, 2.05) is 6.92 Å². The lowest BCUT2D eigenvalue weighted by Crippen LogP contribution is -2.15.